The van der Waals surface area contributed by atoms with E-state index in [1.807, 2.05) is 42.6 Å². The third-order valence-corrected chi connectivity index (χ3v) is 5.96. The fourth-order valence-electron chi connectivity index (χ4n) is 3.37. The molecular formula is C21H30N4O2S. The highest BCUT2D eigenvalue weighted by Crippen LogP contribution is 2.27. The third kappa shape index (κ3) is 5.45. The molecule has 1 aromatic heterocycles. The number of fused-ring (bicyclic) bond motifs is 1. The molecule has 1 heterocycles. The minimum atomic E-state index is 0.533. The number of thiazole rings is 1. The SMILES string of the molecule is CN=C(NCCOCc1ccccc1OC)N(C)Cc1nc2c(s1)CCCC2. The van der Waals surface area contributed by atoms with E-state index >= 15 is 0 Å². The fourth-order valence-corrected chi connectivity index (χ4v) is 4.59. The molecule has 1 aliphatic carbocycles. The van der Waals surface area contributed by atoms with Gasteiger partial charge in [0, 0.05) is 31.1 Å². The van der Waals surface area contributed by atoms with Gasteiger partial charge in [-0.1, -0.05) is 18.2 Å². The van der Waals surface area contributed by atoms with Crippen molar-refractivity contribution in [3.63, 3.8) is 0 Å². The minimum absolute atomic E-state index is 0.533. The Morgan fingerprint density at radius 1 is 1.29 bits per heavy atom. The Morgan fingerprint density at radius 3 is 2.89 bits per heavy atom. The highest BCUT2D eigenvalue weighted by Gasteiger charge is 2.16. The molecule has 1 aromatic carbocycles. The van der Waals surface area contributed by atoms with E-state index in [4.69, 9.17) is 14.5 Å². The summed E-state index contributed by atoms with van der Waals surface area (Å²) in [6.45, 7) is 2.60. The molecular weight excluding hydrogens is 372 g/mol. The van der Waals surface area contributed by atoms with Crippen LogP contribution in [0.3, 0.4) is 0 Å². The number of ether oxygens (including phenoxy) is 2. The van der Waals surface area contributed by atoms with Gasteiger partial charge in [0.15, 0.2) is 5.96 Å². The van der Waals surface area contributed by atoms with Crippen LogP contribution in [0.2, 0.25) is 0 Å². The second-order valence-corrected chi connectivity index (χ2v) is 8.05. The number of hydrogen-bond acceptors (Lipinski definition) is 5. The summed E-state index contributed by atoms with van der Waals surface area (Å²) in [7, 11) is 5.53. The molecule has 2 aromatic rings. The second-order valence-electron chi connectivity index (χ2n) is 6.88. The smallest absolute Gasteiger partial charge is 0.193 e. The van der Waals surface area contributed by atoms with Gasteiger partial charge in [-0.15, -0.1) is 11.3 Å². The number of rotatable bonds is 8. The van der Waals surface area contributed by atoms with Crippen LogP contribution >= 0.6 is 11.3 Å². The highest BCUT2D eigenvalue weighted by atomic mass is 32.1. The van der Waals surface area contributed by atoms with Crippen LogP contribution in [-0.2, 0) is 30.7 Å². The Labute approximate surface area is 171 Å². The summed E-state index contributed by atoms with van der Waals surface area (Å²) >= 11 is 1.85. The van der Waals surface area contributed by atoms with Crippen molar-refractivity contribution in [3.8, 4) is 5.75 Å². The number of nitrogens with one attached hydrogen (secondary N) is 1. The molecule has 0 saturated carbocycles. The first kappa shape index (κ1) is 20.6. The number of aryl methyl sites for hydroxylation is 2. The molecule has 0 saturated heterocycles. The average molecular weight is 403 g/mol. The standard InChI is InChI=1S/C21H30N4O2S/c1-22-21(23-12-13-27-15-16-8-4-6-10-18(16)26-3)25(2)14-20-24-17-9-5-7-11-19(17)28-20/h4,6,8,10H,5,7,9,11-15H2,1-3H3,(H,22,23). The number of benzene rings is 1. The van der Waals surface area contributed by atoms with Crippen molar-refractivity contribution >= 4 is 17.3 Å². The molecule has 0 bridgehead atoms. The lowest BCUT2D eigenvalue weighted by molar-refractivity contribution is 0.123. The number of nitrogens with zero attached hydrogens (tertiary/aromatic N) is 3. The van der Waals surface area contributed by atoms with Crippen LogP contribution in [0.5, 0.6) is 5.75 Å². The quantitative estimate of drug-likeness (QED) is 0.417. The van der Waals surface area contributed by atoms with Gasteiger partial charge >= 0.3 is 0 Å². The molecule has 7 heteroatoms. The molecule has 1 N–H and O–H groups in total. The van der Waals surface area contributed by atoms with E-state index in [0.717, 1.165) is 30.2 Å². The lowest BCUT2D eigenvalue weighted by Crippen LogP contribution is -2.39. The molecule has 28 heavy (non-hydrogen) atoms. The Hall–Kier alpha value is -2.12. The largest absolute Gasteiger partial charge is 0.496 e. The van der Waals surface area contributed by atoms with Crippen LogP contribution in [0.1, 0.15) is 34.0 Å². The average Bonchev–Trinajstić information content (AvgIpc) is 3.13. The minimum Gasteiger partial charge on any atom is -0.496 e. The monoisotopic (exact) mass is 402 g/mol. The maximum absolute atomic E-state index is 5.78. The molecule has 152 valence electrons. The summed E-state index contributed by atoms with van der Waals surface area (Å²) in [6.07, 6.45) is 4.88. The first-order chi connectivity index (χ1) is 13.7. The molecule has 0 unspecified atom stereocenters. The maximum Gasteiger partial charge on any atom is 0.193 e. The van der Waals surface area contributed by atoms with Gasteiger partial charge < -0.3 is 19.7 Å². The number of aromatic nitrogens is 1. The van der Waals surface area contributed by atoms with Crippen molar-refractivity contribution in [2.75, 3.05) is 34.4 Å². The van der Waals surface area contributed by atoms with Gasteiger partial charge in [0.05, 0.1) is 32.6 Å². The molecule has 0 atom stereocenters. The Kier molecular flexibility index (Phi) is 7.68. The summed E-state index contributed by atoms with van der Waals surface area (Å²) < 4.78 is 11.1. The lowest BCUT2D eigenvalue weighted by Gasteiger charge is -2.21. The number of aliphatic imine (C=N–C) groups is 1. The normalized spacial score (nSPS) is 13.9. The lowest BCUT2D eigenvalue weighted by atomic mass is 10.0. The summed E-state index contributed by atoms with van der Waals surface area (Å²) in [5.74, 6) is 1.71. The van der Waals surface area contributed by atoms with Gasteiger partial charge in [0.1, 0.15) is 10.8 Å². The molecule has 0 aliphatic heterocycles. The molecule has 0 spiro atoms. The van der Waals surface area contributed by atoms with Gasteiger partial charge in [-0.05, 0) is 31.7 Å². The zero-order chi connectivity index (χ0) is 19.8. The van der Waals surface area contributed by atoms with E-state index in [1.54, 1.807) is 14.2 Å². The number of para-hydroxylation sites is 1. The van der Waals surface area contributed by atoms with Gasteiger partial charge in [0.25, 0.3) is 0 Å². The van der Waals surface area contributed by atoms with Gasteiger partial charge in [0.2, 0.25) is 0 Å². The first-order valence-corrected chi connectivity index (χ1v) is 10.6. The number of guanidine groups is 1. The molecule has 1 aliphatic rings. The van der Waals surface area contributed by atoms with E-state index in [-0.39, 0.29) is 0 Å². The van der Waals surface area contributed by atoms with Crippen molar-refractivity contribution in [1.82, 2.24) is 15.2 Å². The predicted octanol–water partition coefficient (Wildman–Crippen LogP) is 3.25. The van der Waals surface area contributed by atoms with Crippen molar-refractivity contribution in [3.05, 3.63) is 45.4 Å². The van der Waals surface area contributed by atoms with E-state index in [2.05, 4.69) is 15.2 Å². The molecule has 3 rings (SSSR count). The number of hydrogen-bond donors (Lipinski definition) is 1. The molecule has 6 nitrogen and oxygen atoms in total. The van der Waals surface area contributed by atoms with Crippen LogP contribution in [0.25, 0.3) is 0 Å². The predicted molar refractivity (Wildman–Crippen MR) is 114 cm³/mol. The highest BCUT2D eigenvalue weighted by molar-refractivity contribution is 7.11. The van der Waals surface area contributed by atoms with Crippen LogP contribution in [0.4, 0.5) is 0 Å². The van der Waals surface area contributed by atoms with Crippen LogP contribution in [0, 0.1) is 0 Å². The van der Waals surface area contributed by atoms with Gasteiger partial charge in [-0.25, -0.2) is 4.98 Å². The van der Waals surface area contributed by atoms with E-state index in [9.17, 15) is 0 Å². The maximum atomic E-state index is 5.78. The summed E-state index contributed by atoms with van der Waals surface area (Å²) in [5, 5.41) is 4.53. The van der Waals surface area contributed by atoms with Crippen molar-refractivity contribution in [1.29, 1.82) is 0 Å². The topological polar surface area (TPSA) is 59.0 Å². The first-order valence-electron chi connectivity index (χ1n) is 9.80. The van der Waals surface area contributed by atoms with Crippen molar-refractivity contribution < 1.29 is 9.47 Å². The van der Waals surface area contributed by atoms with Crippen molar-refractivity contribution in [2.24, 2.45) is 4.99 Å². The second kappa shape index (κ2) is 10.4. The molecule has 0 fully saturated rings. The zero-order valence-corrected chi connectivity index (χ0v) is 17.8. The van der Waals surface area contributed by atoms with Crippen LogP contribution in [0.15, 0.2) is 29.3 Å². The summed E-state index contributed by atoms with van der Waals surface area (Å²) in [6, 6.07) is 7.92. The van der Waals surface area contributed by atoms with Gasteiger partial charge in [-0.2, -0.15) is 0 Å². The number of methoxy groups -OCH3 is 1. The fraction of sp³-hybridized carbons (Fsp3) is 0.524. The summed E-state index contributed by atoms with van der Waals surface area (Å²) in [4.78, 5) is 12.8. The van der Waals surface area contributed by atoms with E-state index in [0.29, 0.717) is 19.8 Å². The third-order valence-electron chi connectivity index (χ3n) is 4.82. The van der Waals surface area contributed by atoms with Gasteiger partial charge in [-0.3, -0.25) is 4.99 Å². The van der Waals surface area contributed by atoms with Crippen molar-refractivity contribution in [2.45, 2.75) is 38.8 Å². The molecule has 0 amide bonds. The Morgan fingerprint density at radius 2 is 2.11 bits per heavy atom. The summed E-state index contributed by atoms with van der Waals surface area (Å²) in [5.41, 5.74) is 2.37. The van der Waals surface area contributed by atoms with Crippen LogP contribution < -0.4 is 10.1 Å². The Balaban J connectivity index is 1.42. The Bertz CT molecular complexity index is 767. The molecule has 0 radical (unpaired) electrons. The zero-order valence-electron chi connectivity index (χ0n) is 17.0. The van der Waals surface area contributed by atoms with E-state index in [1.165, 1.54) is 34.8 Å². The van der Waals surface area contributed by atoms with Crippen LogP contribution in [-0.4, -0.2) is 50.2 Å². The van der Waals surface area contributed by atoms with E-state index < -0.39 is 0 Å².